The lowest BCUT2D eigenvalue weighted by atomic mass is 10.1. The number of hydrogen-bond donors (Lipinski definition) is 1. The third kappa shape index (κ3) is 5.42. The van der Waals surface area contributed by atoms with Gasteiger partial charge in [0, 0.05) is 12.7 Å². The van der Waals surface area contributed by atoms with Gasteiger partial charge in [0.05, 0.1) is 5.69 Å². The van der Waals surface area contributed by atoms with Gasteiger partial charge in [-0.15, -0.1) is 12.4 Å². The molecule has 0 aliphatic heterocycles. The van der Waals surface area contributed by atoms with Crippen LogP contribution in [0.15, 0.2) is 12.3 Å². The Kier molecular flexibility index (Phi) is 7.25. The van der Waals surface area contributed by atoms with Gasteiger partial charge in [-0.1, -0.05) is 13.8 Å². The topological polar surface area (TPSA) is 29.9 Å². The van der Waals surface area contributed by atoms with Gasteiger partial charge < -0.3 is 5.32 Å². The van der Waals surface area contributed by atoms with Gasteiger partial charge in [-0.25, -0.2) is 4.68 Å². The molecule has 0 aliphatic rings. The van der Waals surface area contributed by atoms with Crippen LogP contribution in [0, 0.1) is 5.92 Å². The molecule has 0 spiro atoms. The molecular formula is C10H18ClF2N3. The van der Waals surface area contributed by atoms with E-state index in [9.17, 15) is 8.78 Å². The van der Waals surface area contributed by atoms with Gasteiger partial charge in [0.15, 0.2) is 0 Å². The van der Waals surface area contributed by atoms with Gasteiger partial charge in [0.25, 0.3) is 0 Å². The lowest BCUT2D eigenvalue weighted by Gasteiger charge is -2.05. The molecule has 1 rings (SSSR count). The van der Waals surface area contributed by atoms with Crippen LogP contribution in [0.25, 0.3) is 0 Å². The largest absolute Gasteiger partial charge is 0.333 e. The fourth-order valence-corrected chi connectivity index (χ4v) is 1.19. The van der Waals surface area contributed by atoms with Crippen LogP contribution in [0.2, 0.25) is 0 Å². The molecule has 94 valence electrons. The summed E-state index contributed by atoms with van der Waals surface area (Å²) >= 11 is 0. The van der Waals surface area contributed by atoms with Crippen molar-refractivity contribution in [1.29, 1.82) is 0 Å². The molecule has 0 aromatic carbocycles. The predicted octanol–water partition coefficient (Wildman–Crippen LogP) is 2.84. The summed E-state index contributed by atoms with van der Waals surface area (Å²) < 4.78 is 25.0. The quantitative estimate of drug-likeness (QED) is 0.790. The van der Waals surface area contributed by atoms with Crippen LogP contribution in [0.5, 0.6) is 0 Å². The minimum Gasteiger partial charge on any atom is -0.311 e. The smallest absolute Gasteiger partial charge is 0.311 e. The van der Waals surface area contributed by atoms with Crippen LogP contribution in [0.1, 0.15) is 32.5 Å². The average molecular weight is 254 g/mol. The molecule has 0 aliphatic carbocycles. The van der Waals surface area contributed by atoms with Crippen LogP contribution in [-0.4, -0.2) is 16.3 Å². The second-order valence-corrected chi connectivity index (χ2v) is 3.92. The molecule has 0 saturated heterocycles. The molecule has 1 N–H and O–H groups in total. The molecule has 0 atom stereocenters. The highest BCUT2D eigenvalue weighted by Crippen LogP contribution is 2.08. The SMILES string of the molecule is CC(C)CCNCc1ccn(C(F)F)n1.Cl. The van der Waals surface area contributed by atoms with Crippen molar-refractivity contribution >= 4 is 12.4 Å². The van der Waals surface area contributed by atoms with Crippen LogP contribution in [-0.2, 0) is 6.54 Å². The maximum absolute atomic E-state index is 12.2. The third-order valence-corrected chi connectivity index (χ3v) is 2.07. The Morgan fingerprint density at radius 2 is 2.12 bits per heavy atom. The minimum atomic E-state index is -2.55. The Morgan fingerprint density at radius 3 is 2.62 bits per heavy atom. The van der Waals surface area contributed by atoms with E-state index in [0.717, 1.165) is 13.0 Å². The highest BCUT2D eigenvalue weighted by molar-refractivity contribution is 5.85. The number of alkyl halides is 2. The van der Waals surface area contributed by atoms with Crippen molar-refractivity contribution in [2.45, 2.75) is 33.4 Å². The molecule has 1 aromatic rings. The van der Waals surface area contributed by atoms with E-state index in [1.807, 2.05) is 0 Å². The zero-order valence-electron chi connectivity index (χ0n) is 9.49. The summed E-state index contributed by atoms with van der Waals surface area (Å²) in [7, 11) is 0. The average Bonchev–Trinajstić information content (AvgIpc) is 2.60. The van der Waals surface area contributed by atoms with E-state index < -0.39 is 6.55 Å². The number of hydrogen-bond acceptors (Lipinski definition) is 2. The van der Waals surface area contributed by atoms with Gasteiger partial charge in [0.1, 0.15) is 0 Å². The normalized spacial score (nSPS) is 10.9. The standard InChI is InChI=1S/C10H17F2N3.ClH/c1-8(2)3-5-13-7-9-4-6-15(14-9)10(11)12;/h4,6,8,10,13H,3,5,7H2,1-2H3;1H. The highest BCUT2D eigenvalue weighted by Gasteiger charge is 2.06. The Hall–Kier alpha value is -0.680. The summed E-state index contributed by atoms with van der Waals surface area (Å²) in [6, 6.07) is 1.61. The zero-order chi connectivity index (χ0) is 11.3. The predicted molar refractivity (Wildman–Crippen MR) is 61.9 cm³/mol. The van der Waals surface area contributed by atoms with Gasteiger partial charge in [-0.3, -0.25) is 0 Å². The number of nitrogens with zero attached hydrogens (tertiary/aromatic N) is 2. The minimum absolute atomic E-state index is 0. The van der Waals surface area contributed by atoms with Crippen LogP contribution < -0.4 is 5.32 Å². The molecule has 0 bridgehead atoms. The first-order chi connectivity index (χ1) is 7.09. The first-order valence-corrected chi connectivity index (χ1v) is 5.12. The van der Waals surface area contributed by atoms with E-state index in [4.69, 9.17) is 0 Å². The molecule has 0 saturated carbocycles. The summed E-state index contributed by atoms with van der Waals surface area (Å²) in [5.41, 5.74) is 0.652. The zero-order valence-corrected chi connectivity index (χ0v) is 10.3. The molecule has 1 heterocycles. The van der Waals surface area contributed by atoms with E-state index in [1.54, 1.807) is 6.07 Å². The van der Waals surface area contributed by atoms with E-state index in [-0.39, 0.29) is 12.4 Å². The van der Waals surface area contributed by atoms with Crippen molar-refractivity contribution < 1.29 is 8.78 Å². The number of halogens is 3. The van der Waals surface area contributed by atoms with Crippen molar-refractivity contribution in [3.8, 4) is 0 Å². The number of rotatable bonds is 6. The Labute approximate surface area is 101 Å². The van der Waals surface area contributed by atoms with E-state index in [0.29, 0.717) is 22.8 Å². The first kappa shape index (κ1) is 15.3. The second-order valence-electron chi connectivity index (χ2n) is 3.92. The maximum atomic E-state index is 12.2. The van der Waals surface area contributed by atoms with Crippen LogP contribution in [0.4, 0.5) is 8.78 Å². The molecule has 3 nitrogen and oxygen atoms in total. The molecule has 0 amide bonds. The van der Waals surface area contributed by atoms with Crippen LogP contribution >= 0.6 is 12.4 Å². The molecule has 0 radical (unpaired) electrons. The van der Waals surface area contributed by atoms with E-state index in [2.05, 4.69) is 24.3 Å². The maximum Gasteiger partial charge on any atom is 0.333 e. The Balaban J connectivity index is 0.00000225. The van der Waals surface area contributed by atoms with Gasteiger partial charge >= 0.3 is 6.55 Å². The molecular weight excluding hydrogens is 236 g/mol. The molecule has 16 heavy (non-hydrogen) atoms. The van der Waals surface area contributed by atoms with Crippen molar-refractivity contribution in [2.75, 3.05) is 6.54 Å². The fourth-order valence-electron chi connectivity index (χ4n) is 1.19. The van der Waals surface area contributed by atoms with Crippen molar-refractivity contribution in [2.24, 2.45) is 5.92 Å². The van der Waals surface area contributed by atoms with Gasteiger partial charge in [-0.05, 0) is 24.9 Å². The number of nitrogens with one attached hydrogen (secondary N) is 1. The third-order valence-electron chi connectivity index (χ3n) is 2.07. The monoisotopic (exact) mass is 253 g/mol. The fraction of sp³-hybridized carbons (Fsp3) is 0.700. The lowest BCUT2D eigenvalue weighted by molar-refractivity contribution is 0.0561. The number of aromatic nitrogens is 2. The Morgan fingerprint density at radius 1 is 1.44 bits per heavy atom. The highest BCUT2D eigenvalue weighted by atomic mass is 35.5. The van der Waals surface area contributed by atoms with Crippen molar-refractivity contribution in [3.05, 3.63) is 18.0 Å². The van der Waals surface area contributed by atoms with E-state index >= 15 is 0 Å². The Bertz CT molecular complexity index is 289. The van der Waals surface area contributed by atoms with Gasteiger partial charge in [0.2, 0.25) is 0 Å². The molecule has 0 fully saturated rings. The van der Waals surface area contributed by atoms with Crippen LogP contribution in [0.3, 0.4) is 0 Å². The summed E-state index contributed by atoms with van der Waals surface area (Å²) in [6.45, 7) is 3.18. The van der Waals surface area contributed by atoms with Gasteiger partial charge in [-0.2, -0.15) is 13.9 Å². The lowest BCUT2D eigenvalue weighted by Crippen LogP contribution is -2.16. The van der Waals surface area contributed by atoms with E-state index in [1.165, 1.54) is 6.20 Å². The first-order valence-electron chi connectivity index (χ1n) is 5.12. The second kappa shape index (κ2) is 7.57. The summed E-state index contributed by atoms with van der Waals surface area (Å²) in [5, 5.41) is 6.90. The molecule has 1 aromatic heterocycles. The van der Waals surface area contributed by atoms with Crippen molar-refractivity contribution in [3.63, 3.8) is 0 Å². The summed E-state index contributed by atoms with van der Waals surface area (Å²) in [6.07, 6.45) is 2.37. The summed E-state index contributed by atoms with van der Waals surface area (Å²) in [4.78, 5) is 0. The molecule has 6 heteroatoms. The summed E-state index contributed by atoms with van der Waals surface area (Å²) in [5.74, 6) is 0.649. The molecule has 0 unspecified atom stereocenters. The van der Waals surface area contributed by atoms with Crippen molar-refractivity contribution in [1.82, 2.24) is 15.1 Å².